The molecule has 0 fully saturated rings. The van der Waals surface area contributed by atoms with E-state index in [9.17, 15) is 9.59 Å². The first-order valence-corrected chi connectivity index (χ1v) is 11.6. The van der Waals surface area contributed by atoms with Crippen molar-refractivity contribution < 1.29 is 9.59 Å². The average molecular weight is 457 g/mol. The Bertz CT molecular complexity index is 1120. The lowest BCUT2D eigenvalue weighted by Gasteiger charge is -2.34. The third-order valence-electron chi connectivity index (χ3n) is 5.96. The van der Waals surface area contributed by atoms with Gasteiger partial charge in [-0.15, -0.1) is 0 Å². The van der Waals surface area contributed by atoms with Gasteiger partial charge >= 0.3 is 0 Å². The van der Waals surface area contributed by atoms with E-state index in [1.54, 1.807) is 18.3 Å². The van der Waals surface area contributed by atoms with Gasteiger partial charge in [-0.05, 0) is 53.9 Å². The van der Waals surface area contributed by atoms with E-state index in [2.05, 4.69) is 42.1 Å². The number of hydrogen-bond donors (Lipinski definition) is 1. The zero-order valence-electron chi connectivity index (χ0n) is 17.8. The number of carbonyl (C=O) groups excluding carboxylic acids is 2. The number of hydrogen-bond acceptors (Lipinski definition) is 6. The first-order chi connectivity index (χ1) is 14.7. The van der Waals surface area contributed by atoms with Gasteiger partial charge in [0, 0.05) is 18.3 Å². The number of nitrogens with zero attached hydrogens (tertiary/aromatic N) is 3. The lowest BCUT2D eigenvalue weighted by molar-refractivity contribution is -0.108. The molecule has 0 saturated carbocycles. The molecule has 0 radical (unpaired) electrons. The Morgan fingerprint density at radius 1 is 1.35 bits per heavy atom. The maximum atomic E-state index is 12.9. The van der Waals surface area contributed by atoms with Crippen LogP contribution in [-0.2, 0) is 17.6 Å². The number of thiazole rings is 1. The minimum Gasteiger partial charge on any atom is -0.343 e. The molecule has 0 saturated heterocycles. The quantitative estimate of drug-likeness (QED) is 0.433. The third kappa shape index (κ3) is 4.77. The molecule has 1 aliphatic rings. The van der Waals surface area contributed by atoms with E-state index in [0.29, 0.717) is 21.6 Å². The molecule has 1 N–H and O–H groups in total. The largest absolute Gasteiger partial charge is 0.343 e. The fourth-order valence-electron chi connectivity index (χ4n) is 4.04. The minimum atomic E-state index is -0.490. The fourth-order valence-corrected chi connectivity index (χ4v) is 4.99. The number of halogens is 1. The summed E-state index contributed by atoms with van der Waals surface area (Å²) in [5.74, 6) is 0.285. The third-order valence-corrected chi connectivity index (χ3v) is 7.14. The molecule has 6 nitrogen and oxygen atoms in total. The molecular weight excluding hydrogens is 432 g/mol. The highest BCUT2D eigenvalue weighted by Crippen LogP contribution is 2.38. The van der Waals surface area contributed by atoms with Gasteiger partial charge in [0.1, 0.15) is 21.8 Å². The van der Waals surface area contributed by atoms with Gasteiger partial charge in [0.05, 0.1) is 6.04 Å². The summed E-state index contributed by atoms with van der Waals surface area (Å²) >= 11 is 7.13. The molecule has 1 amide bonds. The van der Waals surface area contributed by atoms with Crippen LogP contribution in [0.1, 0.15) is 66.3 Å². The van der Waals surface area contributed by atoms with Crippen LogP contribution in [0, 0.1) is 11.3 Å². The molecule has 3 aromatic rings. The second-order valence-corrected chi connectivity index (χ2v) is 10.5. The van der Waals surface area contributed by atoms with Gasteiger partial charge in [0.25, 0.3) is 5.91 Å². The lowest BCUT2D eigenvalue weighted by atomic mass is 9.71. The zero-order chi connectivity index (χ0) is 22.2. The van der Waals surface area contributed by atoms with E-state index >= 15 is 0 Å². The van der Waals surface area contributed by atoms with Crippen molar-refractivity contribution in [1.82, 2.24) is 20.3 Å². The zero-order valence-corrected chi connectivity index (χ0v) is 19.4. The van der Waals surface area contributed by atoms with Crippen LogP contribution >= 0.6 is 22.9 Å². The highest BCUT2D eigenvalue weighted by Gasteiger charge is 2.30. The SMILES string of the molecule is CC(C)(C)[C@H]1CCc2nc3sc(C(=O)N[C@H](CC=O)c4ccc(Cl)nc4)nc3cc2C1. The summed E-state index contributed by atoms with van der Waals surface area (Å²) < 4.78 is 0. The second-order valence-electron chi connectivity index (χ2n) is 9.09. The Labute approximate surface area is 190 Å². The van der Waals surface area contributed by atoms with Gasteiger partial charge in [-0.3, -0.25) is 4.79 Å². The van der Waals surface area contributed by atoms with Gasteiger partial charge in [-0.25, -0.2) is 15.0 Å². The van der Waals surface area contributed by atoms with Crippen LogP contribution in [0.3, 0.4) is 0 Å². The highest BCUT2D eigenvalue weighted by molar-refractivity contribution is 7.19. The van der Waals surface area contributed by atoms with Crippen LogP contribution in [0.4, 0.5) is 0 Å². The molecule has 3 heterocycles. The Hall–Kier alpha value is -2.38. The van der Waals surface area contributed by atoms with Gasteiger partial charge in [-0.1, -0.05) is 49.8 Å². The van der Waals surface area contributed by atoms with Gasteiger partial charge in [0.15, 0.2) is 5.01 Å². The first kappa shape index (κ1) is 21.8. The molecule has 0 spiro atoms. The van der Waals surface area contributed by atoms with Crippen molar-refractivity contribution in [3.8, 4) is 0 Å². The molecule has 0 aromatic carbocycles. The summed E-state index contributed by atoms with van der Waals surface area (Å²) in [6.45, 7) is 6.85. The number of fused-ring (bicyclic) bond motifs is 2. The van der Waals surface area contributed by atoms with Gasteiger partial charge in [0.2, 0.25) is 0 Å². The van der Waals surface area contributed by atoms with Gasteiger partial charge < -0.3 is 10.1 Å². The van der Waals surface area contributed by atoms with Crippen molar-refractivity contribution in [1.29, 1.82) is 0 Å². The Kier molecular flexibility index (Phi) is 6.08. The van der Waals surface area contributed by atoms with Crippen molar-refractivity contribution in [2.24, 2.45) is 11.3 Å². The van der Waals surface area contributed by atoms with Crippen LogP contribution in [0.25, 0.3) is 10.3 Å². The molecule has 0 aliphatic heterocycles. The van der Waals surface area contributed by atoms with Crippen molar-refractivity contribution in [2.75, 3.05) is 0 Å². The van der Waals surface area contributed by atoms with Crippen molar-refractivity contribution in [3.63, 3.8) is 0 Å². The van der Waals surface area contributed by atoms with E-state index in [1.165, 1.54) is 16.9 Å². The normalized spacial score (nSPS) is 17.2. The molecule has 162 valence electrons. The van der Waals surface area contributed by atoms with E-state index < -0.39 is 6.04 Å². The number of aryl methyl sites for hydroxylation is 1. The Morgan fingerprint density at radius 2 is 2.16 bits per heavy atom. The number of amides is 1. The number of carbonyl (C=O) groups is 2. The molecule has 0 bridgehead atoms. The smallest absolute Gasteiger partial charge is 0.280 e. The Morgan fingerprint density at radius 3 is 2.84 bits per heavy atom. The lowest BCUT2D eigenvalue weighted by Crippen LogP contribution is -2.28. The number of pyridine rings is 2. The topological polar surface area (TPSA) is 84.8 Å². The molecule has 4 rings (SSSR count). The minimum absolute atomic E-state index is 0.140. The standard InChI is InChI=1S/C23H25ClN4O2S/c1-23(2,3)15-5-6-16-14(10-15)11-18-21(27-16)31-22(28-18)20(30)26-17(8-9-29)13-4-7-19(24)25-12-13/h4,7,9,11-12,15,17H,5-6,8,10H2,1-3H3,(H,26,30)/t15-,17+/m0/s1. The first-order valence-electron chi connectivity index (χ1n) is 10.4. The molecular formula is C23H25ClN4O2S. The predicted molar refractivity (Wildman–Crippen MR) is 123 cm³/mol. The molecule has 3 aromatic heterocycles. The summed E-state index contributed by atoms with van der Waals surface area (Å²) in [7, 11) is 0. The van der Waals surface area contributed by atoms with Crippen molar-refractivity contribution in [2.45, 2.75) is 52.5 Å². The average Bonchev–Trinajstić information content (AvgIpc) is 3.14. The van der Waals surface area contributed by atoms with Crippen LogP contribution in [0.15, 0.2) is 24.4 Å². The van der Waals surface area contributed by atoms with Crippen molar-refractivity contribution in [3.05, 3.63) is 51.4 Å². The Balaban J connectivity index is 1.57. The number of aldehydes is 1. The number of aromatic nitrogens is 3. The van der Waals surface area contributed by atoms with Crippen LogP contribution in [0.5, 0.6) is 0 Å². The summed E-state index contributed by atoms with van der Waals surface area (Å²) in [5.41, 5.74) is 4.08. The van der Waals surface area contributed by atoms with E-state index in [-0.39, 0.29) is 17.7 Å². The van der Waals surface area contributed by atoms with Crippen molar-refractivity contribution >= 4 is 45.5 Å². The maximum absolute atomic E-state index is 12.9. The molecule has 8 heteroatoms. The summed E-state index contributed by atoms with van der Waals surface area (Å²) in [6.07, 6.45) is 5.56. The van der Waals surface area contributed by atoms with E-state index in [4.69, 9.17) is 16.6 Å². The van der Waals surface area contributed by atoms with Crippen LogP contribution < -0.4 is 5.32 Å². The second kappa shape index (κ2) is 8.63. The molecule has 31 heavy (non-hydrogen) atoms. The highest BCUT2D eigenvalue weighted by atomic mass is 35.5. The predicted octanol–water partition coefficient (Wildman–Crippen LogP) is 4.95. The van der Waals surface area contributed by atoms with Gasteiger partial charge in [-0.2, -0.15) is 0 Å². The van der Waals surface area contributed by atoms with Crippen LogP contribution in [-0.4, -0.2) is 27.1 Å². The van der Waals surface area contributed by atoms with Crippen LogP contribution in [0.2, 0.25) is 5.15 Å². The summed E-state index contributed by atoms with van der Waals surface area (Å²) in [4.78, 5) is 38.2. The van der Waals surface area contributed by atoms with E-state index in [0.717, 1.165) is 41.6 Å². The monoisotopic (exact) mass is 456 g/mol. The molecule has 0 unspecified atom stereocenters. The summed E-state index contributed by atoms with van der Waals surface area (Å²) in [6, 6.07) is 4.99. The molecule has 2 atom stereocenters. The molecule has 1 aliphatic carbocycles. The summed E-state index contributed by atoms with van der Waals surface area (Å²) in [5, 5.41) is 3.59. The van der Waals surface area contributed by atoms with E-state index in [1.807, 2.05) is 0 Å². The number of rotatable bonds is 5. The maximum Gasteiger partial charge on any atom is 0.280 e. The fraction of sp³-hybridized carbons (Fsp3) is 0.435. The number of nitrogens with one attached hydrogen (secondary N) is 1.